The van der Waals surface area contributed by atoms with Crippen LogP contribution in [0, 0.1) is 22.7 Å². The molecular weight excluding hydrogens is 346 g/mol. The first kappa shape index (κ1) is 18.9. The van der Waals surface area contributed by atoms with Crippen LogP contribution in [0.25, 0.3) is 17.3 Å². The molecule has 28 heavy (non-hydrogen) atoms. The number of nitrogen functional groups attached to an aromatic ring is 1. The Hall–Kier alpha value is -3.83. The first-order valence-corrected chi connectivity index (χ1v) is 8.92. The number of nitriles is 2. The monoisotopic (exact) mass is 367 g/mol. The number of hydrogen-bond acceptors (Lipinski definition) is 4. The van der Waals surface area contributed by atoms with Gasteiger partial charge < -0.3 is 5.73 Å². The lowest BCUT2D eigenvalue weighted by Gasteiger charge is -2.18. The number of hydrogen-bond donors (Lipinski definition) is 1. The molecule has 5 heteroatoms. The van der Waals surface area contributed by atoms with E-state index in [0.29, 0.717) is 5.57 Å². The number of anilines is 1. The Morgan fingerprint density at radius 1 is 1.04 bits per heavy atom. The predicted octanol–water partition coefficient (Wildman–Crippen LogP) is 4.69. The molecule has 138 valence electrons. The van der Waals surface area contributed by atoms with Crippen LogP contribution in [-0.4, -0.2) is 9.78 Å². The van der Waals surface area contributed by atoms with Crippen LogP contribution < -0.4 is 5.73 Å². The molecule has 0 bridgehead atoms. The minimum Gasteiger partial charge on any atom is -0.382 e. The molecule has 0 spiro atoms. The average molecular weight is 367 g/mol. The maximum Gasteiger partial charge on any atom is 0.145 e. The van der Waals surface area contributed by atoms with Crippen LogP contribution in [0.2, 0.25) is 0 Å². The second-order valence-corrected chi connectivity index (χ2v) is 7.51. The molecule has 0 aliphatic heterocycles. The van der Waals surface area contributed by atoms with Crippen LogP contribution in [0.4, 0.5) is 5.82 Å². The fourth-order valence-corrected chi connectivity index (χ4v) is 2.90. The van der Waals surface area contributed by atoms with Crippen LogP contribution in [0.15, 0.2) is 54.6 Å². The minimum absolute atomic E-state index is 0.0528. The summed E-state index contributed by atoms with van der Waals surface area (Å²) in [5, 5.41) is 23.7. The second-order valence-electron chi connectivity index (χ2n) is 7.51. The summed E-state index contributed by atoms with van der Waals surface area (Å²) in [6.45, 7) is 6.45. The summed E-state index contributed by atoms with van der Waals surface area (Å²) < 4.78 is 1.49. The van der Waals surface area contributed by atoms with Crippen LogP contribution >= 0.6 is 0 Å². The highest BCUT2D eigenvalue weighted by Gasteiger charge is 2.20. The third-order valence-corrected chi connectivity index (χ3v) is 4.50. The number of nitrogens with zero attached hydrogens (tertiary/aromatic N) is 4. The first-order valence-electron chi connectivity index (χ1n) is 8.92. The Balaban J connectivity index is 2.07. The maximum absolute atomic E-state index is 9.70. The summed E-state index contributed by atoms with van der Waals surface area (Å²) in [7, 11) is 0. The highest BCUT2D eigenvalue weighted by Crippen LogP contribution is 2.28. The van der Waals surface area contributed by atoms with E-state index in [1.807, 2.05) is 54.6 Å². The van der Waals surface area contributed by atoms with Crippen LogP contribution in [-0.2, 0) is 5.41 Å². The van der Waals surface area contributed by atoms with Gasteiger partial charge in [-0.1, -0.05) is 63.2 Å². The first-order chi connectivity index (χ1) is 13.3. The molecule has 0 aliphatic rings. The summed E-state index contributed by atoms with van der Waals surface area (Å²) in [4.78, 5) is 0. The van der Waals surface area contributed by atoms with E-state index >= 15 is 0 Å². The van der Waals surface area contributed by atoms with Gasteiger partial charge in [0.25, 0.3) is 0 Å². The van der Waals surface area contributed by atoms with Crippen molar-refractivity contribution in [3.63, 3.8) is 0 Å². The van der Waals surface area contributed by atoms with Crippen LogP contribution in [0.1, 0.15) is 43.2 Å². The maximum atomic E-state index is 9.70. The van der Waals surface area contributed by atoms with E-state index in [1.54, 1.807) is 6.08 Å². The molecular formula is C23H21N5. The van der Waals surface area contributed by atoms with E-state index in [1.165, 1.54) is 10.2 Å². The van der Waals surface area contributed by atoms with Crippen molar-refractivity contribution in [2.75, 3.05) is 5.73 Å². The lowest BCUT2D eigenvalue weighted by atomic mass is 9.86. The summed E-state index contributed by atoms with van der Waals surface area (Å²) in [5.41, 5.74) is 9.77. The summed E-state index contributed by atoms with van der Waals surface area (Å²) in [6, 6.07) is 21.5. The van der Waals surface area contributed by atoms with Gasteiger partial charge >= 0.3 is 0 Å². The zero-order chi connectivity index (χ0) is 20.3. The molecule has 3 rings (SSSR count). The van der Waals surface area contributed by atoms with Gasteiger partial charge in [0.1, 0.15) is 29.2 Å². The number of para-hydroxylation sites is 1. The predicted molar refractivity (Wildman–Crippen MR) is 111 cm³/mol. The topological polar surface area (TPSA) is 91.4 Å². The van der Waals surface area contributed by atoms with Gasteiger partial charge in [0.15, 0.2) is 0 Å². The van der Waals surface area contributed by atoms with Gasteiger partial charge in [-0.25, -0.2) is 4.68 Å². The lowest BCUT2D eigenvalue weighted by Crippen LogP contribution is -2.10. The molecule has 2 aromatic carbocycles. The van der Waals surface area contributed by atoms with Crippen molar-refractivity contribution >= 4 is 17.5 Å². The normalized spacial score (nSPS) is 11.7. The molecule has 1 heterocycles. The Morgan fingerprint density at radius 2 is 1.68 bits per heavy atom. The van der Waals surface area contributed by atoms with Crippen molar-refractivity contribution in [3.05, 3.63) is 77.0 Å². The molecule has 0 fully saturated rings. The molecule has 3 aromatic rings. The summed E-state index contributed by atoms with van der Waals surface area (Å²) in [6.07, 6.45) is 1.73. The SMILES string of the molecule is CC(C)(C)c1ccc(/C=C(\C#N)c2nn(-c3ccccc3)c(N)c2C#N)cc1. The van der Waals surface area contributed by atoms with Gasteiger partial charge in [0.2, 0.25) is 0 Å². The minimum atomic E-state index is 0.0528. The zero-order valence-corrected chi connectivity index (χ0v) is 16.1. The van der Waals surface area contributed by atoms with Crippen molar-refractivity contribution in [2.45, 2.75) is 26.2 Å². The fourth-order valence-electron chi connectivity index (χ4n) is 2.90. The van der Waals surface area contributed by atoms with Crippen LogP contribution in [0.5, 0.6) is 0 Å². The molecule has 0 saturated heterocycles. The molecule has 0 atom stereocenters. The number of aromatic nitrogens is 2. The van der Waals surface area contributed by atoms with Crippen molar-refractivity contribution < 1.29 is 0 Å². The molecule has 0 aliphatic carbocycles. The molecule has 1 aromatic heterocycles. The molecule has 0 saturated carbocycles. The summed E-state index contributed by atoms with van der Waals surface area (Å²) in [5.74, 6) is 0.216. The van der Waals surface area contributed by atoms with Gasteiger partial charge in [0, 0.05) is 0 Å². The van der Waals surface area contributed by atoms with Crippen molar-refractivity contribution in [2.24, 2.45) is 0 Å². The van der Waals surface area contributed by atoms with E-state index in [0.717, 1.165) is 11.3 Å². The number of benzene rings is 2. The Morgan fingerprint density at radius 3 is 2.21 bits per heavy atom. The van der Waals surface area contributed by atoms with Crippen molar-refractivity contribution in [1.29, 1.82) is 10.5 Å². The van der Waals surface area contributed by atoms with Gasteiger partial charge in [-0.05, 0) is 34.8 Å². The Labute approximate surface area is 165 Å². The van der Waals surface area contributed by atoms with E-state index in [4.69, 9.17) is 5.73 Å². The quantitative estimate of drug-likeness (QED) is 0.680. The standard InChI is InChI=1S/C23H21N5/c1-23(2,3)18-11-9-16(10-12-18)13-17(14-24)21-20(15-25)22(26)28(27-21)19-7-5-4-6-8-19/h4-13H,26H2,1-3H3/b17-13+. The molecule has 0 unspecified atom stereocenters. The van der Waals surface area contributed by atoms with Gasteiger partial charge in [-0.15, -0.1) is 0 Å². The highest BCUT2D eigenvalue weighted by atomic mass is 15.3. The van der Waals surface area contributed by atoms with E-state index in [2.05, 4.69) is 38.0 Å². The van der Waals surface area contributed by atoms with E-state index in [9.17, 15) is 10.5 Å². The molecule has 0 radical (unpaired) electrons. The molecule has 5 nitrogen and oxygen atoms in total. The van der Waals surface area contributed by atoms with Gasteiger partial charge in [0.05, 0.1) is 11.3 Å². The Bertz CT molecular complexity index is 1100. The largest absolute Gasteiger partial charge is 0.382 e. The van der Waals surface area contributed by atoms with Gasteiger partial charge in [-0.3, -0.25) is 0 Å². The summed E-state index contributed by atoms with van der Waals surface area (Å²) >= 11 is 0. The third-order valence-electron chi connectivity index (χ3n) is 4.50. The third kappa shape index (κ3) is 3.65. The second kappa shape index (κ2) is 7.42. The number of nitrogens with two attached hydrogens (primary N) is 1. The average Bonchev–Trinajstić information content (AvgIpc) is 3.02. The smallest absolute Gasteiger partial charge is 0.145 e. The van der Waals surface area contributed by atoms with E-state index < -0.39 is 0 Å². The number of rotatable bonds is 3. The van der Waals surface area contributed by atoms with Gasteiger partial charge in [-0.2, -0.15) is 15.6 Å². The molecule has 0 amide bonds. The Kier molecular flexibility index (Phi) is 5.02. The number of allylic oxidation sites excluding steroid dienone is 1. The fraction of sp³-hybridized carbons (Fsp3) is 0.174. The van der Waals surface area contributed by atoms with Crippen LogP contribution in [0.3, 0.4) is 0 Å². The highest BCUT2D eigenvalue weighted by molar-refractivity contribution is 5.91. The van der Waals surface area contributed by atoms with Crippen molar-refractivity contribution in [1.82, 2.24) is 9.78 Å². The lowest BCUT2D eigenvalue weighted by molar-refractivity contribution is 0.590. The zero-order valence-electron chi connectivity index (χ0n) is 16.1. The van der Waals surface area contributed by atoms with E-state index in [-0.39, 0.29) is 22.5 Å². The van der Waals surface area contributed by atoms with Crippen molar-refractivity contribution in [3.8, 4) is 17.8 Å². The molecule has 2 N–H and O–H groups in total.